The van der Waals surface area contributed by atoms with Gasteiger partial charge in [0.1, 0.15) is 53.7 Å². The summed E-state index contributed by atoms with van der Waals surface area (Å²) in [4.78, 5) is 69.2. The Morgan fingerprint density at radius 3 is 1.85 bits per heavy atom. The Bertz CT molecular complexity index is 3050. The number of fused-ring (bicyclic) bond motifs is 3. The number of anilines is 1. The largest absolute Gasteiger partial charge is 0.497 e. The number of hydrogen-bond acceptors (Lipinski definition) is 12. The molecule has 6 aromatic carbocycles. The average Bonchev–Trinajstić information content (AvgIpc) is 3.97. The maximum Gasteiger partial charge on any atom is 0.351 e. The lowest BCUT2D eigenvalue weighted by molar-refractivity contribution is -0.156. The van der Waals surface area contributed by atoms with Crippen LogP contribution in [-0.2, 0) is 45.4 Å². The minimum Gasteiger partial charge on any atom is -0.497 e. The van der Waals surface area contributed by atoms with E-state index in [0.29, 0.717) is 23.5 Å². The van der Waals surface area contributed by atoms with Crippen molar-refractivity contribution in [3.8, 4) is 22.6 Å². The number of benzene rings is 6. The molecule has 9 rings (SSSR count). The van der Waals surface area contributed by atoms with Crippen molar-refractivity contribution >= 4 is 29.4 Å². The first-order valence-electron chi connectivity index (χ1n) is 24.2. The van der Waals surface area contributed by atoms with Crippen LogP contribution in [0.5, 0.6) is 11.5 Å². The van der Waals surface area contributed by atoms with Crippen LogP contribution in [0.25, 0.3) is 11.1 Å². The van der Waals surface area contributed by atoms with E-state index in [0.717, 1.165) is 44.5 Å². The predicted octanol–water partition coefficient (Wildman–Crippen LogP) is 9.38. The maximum atomic E-state index is 13.7. The van der Waals surface area contributed by atoms with Gasteiger partial charge in [-0.3, -0.25) is 19.0 Å². The van der Waals surface area contributed by atoms with Crippen molar-refractivity contribution in [2.24, 2.45) is 0 Å². The van der Waals surface area contributed by atoms with E-state index in [2.05, 4.69) is 34.6 Å². The Kier molecular flexibility index (Phi) is 15.3. The van der Waals surface area contributed by atoms with Gasteiger partial charge in [0, 0.05) is 36.9 Å². The van der Waals surface area contributed by atoms with Gasteiger partial charge >= 0.3 is 17.6 Å². The van der Waals surface area contributed by atoms with Crippen molar-refractivity contribution in [2.75, 3.05) is 32.8 Å². The third-order valence-corrected chi connectivity index (χ3v) is 13.4. The molecule has 0 bridgehead atoms. The highest BCUT2D eigenvalue weighted by atomic mass is 16.6. The number of methoxy groups -OCH3 is 2. The van der Waals surface area contributed by atoms with Gasteiger partial charge in [0.25, 0.3) is 5.91 Å². The van der Waals surface area contributed by atoms with Crippen LogP contribution in [0, 0.1) is 0 Å². The summed E-state index contributed by atoms with van der Waals surface area (Å²) < 4.78 is 37.7. The number of rotatable bonds is 20. The van der Waals surface area contributed by atoms with Gasteiger partial charge in [-0.05, 0) is 100 Å². The van der Waals surface area contributed by atoms with Gasteiger partial charge in [0.2, 0.25) is 0 Å². The molecule has 1 N–H and O–H groups in total. The molecule has 0 unspecified atom stereocenters. The van der Waals surface area contributed by atoms with Crippen molar-refractivity contribution in [1.29, 1.82) is 0 Å². The smallest absolute Gasteiger partial charge is 0.351 e. The number of aromatic nitrogens is 2. The fourth-order valence-corrected chi connectivity index (χ4v) is 9.58. The minimum atomic E-state index is -1.23. The highest BCUT2D eigenvalue weighted by Crippen LogP contribution is 2.45. The summed E-state index contributed by atoms with van der Waals surface area (Å²) >= 11 is 0. The average molecular weight is 982 g/mol. The minimum absolute atomic E-state index is 0.00736. The molecule has 372 valence electrons. The van der Waals surface area contributed by atoms with Crippen LogP contribution in [-0.4, -0.2) is 72.8 Å². The van der Waals surface area contributed by atoms with Crippen LogP contribution in [0.3, 0.4) is 0 Å². The number of esters is 2. The van der Waals surface area contributed by atoms with Crippen LogP contribution in [0.4, 0.5) is 5.82 Å². The first-order chi connectivity index (χ1) is 35.5. The molecule has 14 nitrogen and oxygen atoms in total. The van der Waals surface area contributed by atoms with E-state index in [9.17, 15) is 24.0 Å². The molecule has 1 aliphatic carbocycles. The molecule has 7 aromatic rings. The summed E-state index contributed by atoms with van der Waals surface area (Å²) in [5, 5.41) is 2.70. The number of carbonyl (C=O) groups is 4. The van der Waals surface area contributed by atoms with Crippen LogP contribution >= 0.6 is 0 Å². The Morgan fingerprint density at radius 2 is 1.26 bits per heavy atom. The number of ketones is 1. The SMILES string of the molecule is COc1ccc(C(OC[C@H]2O[C@@H](n3ccc(NC(=O)c4ccc(CCC(=O)OCC5c6ccccc6-c6ccccc65)cc4)nc3=O)C[C@H]2OC(=O)CCC(C)=O)(c2ccccc2)c2ccc(OC)cc2)cc1. The summed E-state index contributed by atoms with van der Waals surface area (Å²) in [5.74, 6) is -0.255. The van der Waals surface area contributed by atoms with E-state index in [1.807, 2.05) is 103 Å². The molecular weight excluding hydrogens is 927 g/mol. The number of amides is 1. The third-order valence-electron chi connectivity index (χ3n) is 13.4. The summed E-state index contributed by atoms with van der Waals surface area (Å²) in [5.41, 5.74) is 6.20. The lowest BCUT2D eigenvalue weighted by atomic mass is 9.80. The number of nitrogens with zero attached hydrogens (tertiary/aromatic N) is 2. The number of hydrogen-bond donors (Lipinski definition) is 1. The van der Waals surface area contributed by atoms with Crippen molar-refractivity contribution in [1.82, 2.24) is 9.55 Å². The second-order valence-corrected chi connectivity index (χ2v) is 18.0. The van der Waals surface area contributed by atoms with Gasteiger partial charge < -0.3 is 38.5 Å². The Labute approximate surface area is 422 Å². The molecule has 1 aliphatic heterocycles. The molecule has 0 radical (unpaired) electrons. The summed E-state index contributed by atoms with van der Waals surface area (Å²) in [7, 11) is 3.19. The lowest BCUT2D eigenvalue weighted by Gasteiger charge is -2.37. The van der Waals surface area contributed by atoms with Crippen molar-refractivity contribution in [2.45, 2.75) is 69.0 Å². The van der Waals surface area contributed by atoms with E-state index < -0.39 is 41.6 Å². The molecule has 1 aromatic heterocycles. The molecule has 1 fully saturated rings. The van der Waals surface area contributed by atoms with Crippen LogP contribution in [0.2, 0.25) is 0 Å². The number of carbonyl (C=O) groups excluding carboxylic acids is 4. The molecule has 73 heavy (non-hydrogen) atoms. The molecule has 1 amide bonds. The Balaban J connectivity index is 0.868. The molecular formula is C59H55N3O11. The fourth-order valence-electron chi connectivity index (χ4n) is 9.58. The zero-order chi connectivity index (χ0) is 50.9. The Hall–Kier alpha value is -8.20. The van der Waals surface area contributed by atoms with Crippen molar-refractivity contribution < 1.29 is 47.6 Å². The second kappa shape index (κ2) is 22.5. The molecule has 3 atom stereocenters. The molecule has 0 spiro atoms. The van der Waals surface area contributed by atoms with Crippen molar-refractivity contribution in [3.63, 3.8) is 0 Å². The van der Waals surface area contributed by atoms with Gasteiger partial charge in [0.05, 0.1) is 27.2 Å². The number of nitrogens with one attached hydrogen (secondary N) is 1. The van der Waals surface area contributed by atoms with Gasteiger partial charge in [-0.15, -0.1) is 0 Å². The van der Waals surface area contributed by atoms with Crippen LogP contribution < -0.4 is 20.5 Å². The summed E-state index contributed by atoms with van der Waals surface area (Å²) in [6.07, 6.45) is -0.733. The molecule has 14 heteroatoms. The monoisotopic (exact) mass is 981 g/mol. The van der Waals surface area contributed by atoms with Crippen LogP contribution in [0.1, 0.15) is 88.5 Å². The van der Waals surface area contributed by atoms with Crippen LogP contribution in [0.15, 0.2) is 169 Å². The predicted molar refractivity (Wildman–Crippen MR) is 272 cm³/mol. The molecule has 2 aliphatic rings. The normalized spacial score (nSPS) is 16.0. The standard InChI is InChI=1S/C59H55N3O11/c1-38(63)17-31-56(65)73-51-35-54(72-52(51)37-71-59(41-11-5-4-6-12-41,42-23-27-44(68-2)28-24-42)43-25-29-45(69-3)30-26-43)62-34-33-53(61-58(62)67)60-57(66)40-21-18-39(19-22-40)20-32-55(64)70-36-50-48-15-9-7-13-46(48)47-14-8-10-16-49(47)50/h4-16,18-19,21-30,33-34,50-52,54H,17,20,31-32,35-37H2,1-3H3,(H,60,61,66,67)/t51-,52-,54-/m1/s1. The van der Waals surface area contributed by atoms with Gasteiger partial charge in [-0.1, -0.05) is 115 Å². The fraction of sp³-hybridized carbons (Fsp3) is 0.254. The molecule has 2 heterocycles. The molecule has 0 saturated carbocycles. The lowest BCUT2D eigenvalue weighted by Crippen LogP contribution is -2.39. The molecule has 1 saturated heterocycles. The van der Waals surface area contributed by atoms with E-state index in [1.54, 1.807) is 38.5 Å². The number of Topliss-reactive ketones (excluding diaryl/α,β-unsaturated/α-hetero) is 1. The third kappa shape index (κ3) is 11.2. The summed E-state index contributed by atoms with van der Waals surface area (Å²) in [6.45, 7) is 1.54. The Morgan fingerprint density at radius 1 is 0.671 bits per heavy atom. The maximum absolute atomic E-state index is 13.7. The van der Waals surface area contributed by atoms with E-state index in [4.69, 9.17) is 28.4 Å². The van der Waals surface area contributed by atoms with Gasteiger partial charge in [-0.25, -0.2) is 4.79 Å². The summed E-state index contributed by atoms with van der Waals surface area (Å²) in [6, 6.07) is 49.5. The number of ether oxygens (including phenoxy) is 6. The first-order valence-corrected chi connectivity index (χ1v) is 24.2. The highest BCUT2D eigenvalue weighted by Gasteiger charge is 2.44. The first kappa shape index (κ1) is 49.8. The van der Waals surface area contributed by atoms with Crippen molar-refractivity contribution in [3.05, 3.63) is 213 Å². The van der Waals surface area contributed by atoms with E-state index >= 15 is 0 Å². The van der Waals surface area contributed by atoms with Gasteiger partial charge in [0.15, 0.2) is 0 Å². The second-order valence-electron chi connectivity index (χ2n) is 18.0. The quantitative estimate of drug-likeness (QED) is 0.0568. The zero-order valence-electron chi connectivity index (χ0n) is 40.7. The van der Waals surface area contributed by atoms with E-state index in [-0.39, 0.29) is 62.4 Å². The van der Waals surface area contributed by atoms with E-state index in [1.165, 1.54) is 23.8 Å². The topological polar surface area (TPSA) is 171 Å². The zero-order valence-corrected chi connectivity index (χ0v) is 40.7. The highest BCUT2D eigenvalue weighted by molar-refractivity contribution is 6.03. The van der Waals surface area contributed by atoms with Gasteiger partial charge in [-0.2, -0.15) is 4.98 Å². The number of aryl methyl sites for hydroxylation is 1.